The van der Waals surface area contributed by atoms with Crippen LogP contribution < -0.4 is 0 Å². The molecule has 1 aliphatic rings. The van der Waals surface area contributed by atoms with Gasteiger partial charge in [-0.1, -0.05) is 29.8 Å². The molecule has 1 fully saturated rings. The van der Waals surface area contributed by atoms with E-state index in [9.17, 15) is 4.79 Å². The van der Waals surface area contributed by atoms with E-state index in [2.05, 4.69) is 31.2 Å². The summed E-state index contributed by atoms with van der Waals surface area (Å²) in [6.45, 7) is 4.19. The third-order valence-corrected chi connectivity index (χ3v) is 4.35. The molecular weight excluding hydrogens is 276 g/mol. The minimum Gasteiger partial charge on any atom is -0.381 e. The van der Waals surface area contributed by atoms with Crippen LogP contribution in [0.1, 0.15) is 17.5 Å². The smallest absolute Gasteiger partial charge is 0.236 e. The zero-order valence-electron chi connectivity index (χ0n) is 14.2. The maximum atomic E-state index is 12.3. The fourth-order valence-corrected chi connectivity index (χ4v) is 3.26. The predicted octanol–water partition coefficient (Wildman–Crippen LogP) is 1.96. The van der Waals surface area contributed by atoms with Gasteiger partial charge in [0.15, 0.2) is 0 Å². The maximum Gasteiger partial charge on any atom is 0.236 e. The minimum atomic E-state index is 0.216. The number of benzene rings is 1. The lowest BCUT2D eigenvalue weighted by molar-refractivity contribution is -0.136. The Bertz CT molecular complexity index is 502. The number of ether oxygens (including phenoxy) is 1. The Morgan fingerprint density at radius 2 is 2.18 bits per heavy atom. The number of nitrogens with zero attached hydrogens (tertiary/aromatic N) is 2. The Kier molecular flexibility index (Phi) is 5.98. The van der Waals surface area contributed by atoms with E-state index in [0.717, 1.165) is 25.9 Å². The normalized spacial score (nSPS) is 22.1. The number of carbonyl (C=O) groups is 1. The van der Waals surface area contributed by atoms with Crippen molar-refractivity contribution in [3.63, 3.8) is 0 Å². The first-order chi connectivity index (χ1) is 10.5. The summed E-state index contributed by atoms with van der Waals surface area (Å²) in [5.74, 6) is 0.584. The molecule has 0 unspecified atom stereocenters. The number of piperidine rings is 1. The Morgan fingerprint density at radius 1 is 1.41 bits per heavy atom. The zero-order chi connectivity index (χ0) is 16.1. The van der Waals surface area contributed by atoms with Gasteiger partial charge in [-0.15, -0.1) is 0 Å². The van der Waals surface area contributed by atoms with Crippen LogP contribution in [0.15, 0.2) is 24.3 Å². The summed E-state index contributed by atoms with van der Waals surface area (Å²) in [4.78, 5) is 16.2. The van der Waals surface area contributed by atoms with Crippen molar-refractivity contribution in [2.45, 2.75) is 25.9 Å². The van der Waals surface area contributed by atoms with Gasteiger partial charge in [-0.2, -0.15) is 0 Å². The van der Waals surface area contributed by atoms with Crippen molar-refractivity contribution in [1.29, 1.82) is 0 Å². The molecule has 0 aromatic heterocycles. The van der Waals surface area contributed by atoms with E-state index in [-0.39, 0.29) is 12.0 Å². The number of aryl methyl sites for hydroxylation is 1. The van der Waals surface area contributed by atoms with Crippen molar-refractivity contribution in [3.8, 4) is 0 Å². The monoisotopic (exact) mass is 304 g/mol. The molecule has 0 N–H and O–H groups in total. The first-order valence-corrected chi connectivity index (χ1v) is 8.00. The van der Waals surface area contributed by atoms with E-state index < -0.39 is 0 Å². The van der Waals surface area contributed by atoms with Gasteiger partial charge in [-0.25, -0.2) is 0 Å². The quantitative estimate of drug-likeness (QED) is 0.834. The number of methoxy groups -OCH3 is 1. The summed E-state index contributed by atoms with van der Waals surface area (Å²) in [6.07, 6.45) is 2.13. The summed E-state index contributed by atoms with van der Waals surface area (Å²) in [7, 11) is 5.65. The fraction of sp³-hybridized carbons (Fsp3) is 0.611. The van der Waals surface area contributed by atoms with Crippen LogP contribution in [0.3, 0.4) is 0 Å². The number of hydrogen-bond acceptors (Lipinski definition) is 3. The SMILES string of the molecule is CO[C@@H]1CCN(C(=O)CN(C)C)C[C@@H]1Cc1cccc(C)c1. The number of likely N-dealkylation sites (N-methyl/N-ethyl adjacent to an activating group) is 1. The van der Waals surface area contributed by atoms with Crippen molar-refractivity contribution in [2.75, 3.05) is 40.8 Å². The molecule has 22 heavy (non-hydrogen) atoms. The van der Waals surface area contributed by atoms with Crippen molar-refractivity contribution in [1.82, 2.24) is 9.80 Å². The minimum absolute atomic E-state index is 0.216. The Hall–Kier alpha value is -1.39. The van der Waals surface area contributed by atoms with Gasteiger partial charge in [0.2, 0.25) is 5.91 Å². The number of amides is 1. The van der Waals surface area contributed by atoms with Gasteiger partial charge in [-0.05, 0) is 39.4 Å². The van der Waals surface area contributed by atoms with Crippen molar-refractivity contribution >= 4 is 5.91 Å². The van der Waals surface area contributed by atoms with Crippen LogP contribution in [0.25, 0.3) is 0 Å². The molecular formula is C18H28N2O2. The van der Waals surface area contributed by atoms with Gasteiger partial charge in [0.05, 0.1) is 12.6 Å². The maximum absolute atomic E-state index is 12.3. The summed E-state index contributed by atoms with van der Waals surface area (Å²) >= 11 is 0. The molecule has 122 valence electrons. The van der Waals surface area contributed by atoms with E-state index in [1.807, 2.05) is 23.9 Å². The Morgan fingerprint density at radius 3 is 2.82 bits per heavy atom. The molecule has 1 heterocycles. The zero-order valence-corrected chi connectivity index (χ0v) is 14.2. The van der Waals surface area contributed by atoms with Gasteiger partial charge in [-0.3, -0.25) is 4.79 Å². The summed E-state index contributed by atoms with van der Waals surface area (Å²) in [6, 6.07) is 8.61. The summed E-state index contributed by atoms with van der Waals surface area (Å²) in [5.41, 5.74) is 2.61. The molecule has 0 bridgehead atoms. The van der Waals surface area contributed by atoms with Gasteiger partial charge in [0, 0.05) is 26.1 Å². The van der Waals surface area contributed by atoms with E-state index >= 15 is 0 Å². The Labute approximate surface area is 134 Å². The predicted molar refractivity (Wildman–Crippen MR) is 88.9 cm³/mol. The number of hydrogen-bond donors (Lipinski definition) is 0. The van der Waals surface area contributed by atoms with Crippen molar-refractivity contribution < 1.29 is 9.53 Å². The first-order valence-electron chi connectivity index (χ1n) is 8.00. The van der Waals surface area contributed by atoms with Crippen LogP contribution in [0, 0.1) is 12.8 Å². The number of carbonyl (C=O) groups excluding carboxylic acids is 1. The van der Waals surface area contributed by atoms with Crippen molar-refractivity contribution in [2.24, 2.45) is 5.92 Å². The van der Waals surface area contributed by atoms with Gasteiger partial charge >= 0.3 is 0 Å². The van der Waals surface area contributed by atoms with Crippen LogP contribution >= 0.6 is 0 Å². The Balaban J connectivity index is 2.04. The summed E-state index contributed by atoms with van der Waals surface area (Å²) < 4.78 is 5.67. The molecule has 2 atom stereocenters. The van der Waals surface area contributed by atoms with Gasteiger partial charge in [0.1, 0.15) is 0 Å². The van der Waals surface area contributed by atoms with Gasteiger partial charge < -0.3 is 14.5 Å². The molecule has 0 radical (unpaired) electrons. The molecule has 1 amide bonds. The standard InChI is InChI=1S/C18H28N2O2/c1-14-6-5-7-15(10-14)11-16-12-20(9-8-17(16)22-4)18(21)13-19(2)3/h5-7,10,16-17H,8-9,11-13H2,1-4H3/t16-,17+/m0/s1. The average Bonchev–Trinajstić information content (AvgIpc) is 2.46. The van der Waals surface area contributed by atoms with E-state index in [4.69, 9.17) is 4.74 Å². The van der Waals surface area contributed by atoms with Crippen LogP contribution in [-0.4, -0.2) is 62.7 Å². The van der Waals surface area contributed by atoms with Crippen LogP contribution in [0.4, 0.5) is 0 Å². The molecule has 0 aliphatic carbocycles. The highest BCUT2D eigenvalue weighted by molar-refractivity contribution is 5.78. The lowest BCUT2D eigenvalue weighted by Crippen LogP contribution is -2.49. The van der Waals surface area contributed by atoms with Crippen molar-refractivity contribution in [3.05, 3.63) is 35.4 Å². The second kappa shape index (κ2) is 7.75. The molecule has 1 aromatic rings. The molecule has 1 aliphatic heterocycles. The topological polar surface area (TPSA) is 32.8 Å². The van der Waals surface area contributed by atoms with Crippen LogP contribution in [0.5, 0.6) is 0 Å². The lowest BCUT2D eigenvalue weighted by Gasteiger charge is -2.38. The highest BCUT2D eigenvalue weighted by atomic mass is 16.5. The lowest BCUT2D eigenvalue weighted by atomic mass is 9.88. The molecule has 4 nitrogen and oxygen atoms in total. The molecule has 1 saturated heterocycles. The second-order valence-corrected chi connectivity index (χ2v) is 6.59. The number of rotatable bonds is 5. The molecule has 0 saturated carbocycles. The third-order valence-electron chi connectivity index (χ3n) is 4.35. The molecule has 0 spiro atoms. The summed E-state index contributed by atoms with van der Waals surface area (Å²) in [5, 5.41) is 0. The fourth-order valence-electron chi connectivity index (χ4n) is 3.26. The van der Waals surface area contributed by atoms with E-state index in [1.54, 1.807) is 7.11 Å². The number of likely N-dealkylation sites (tertiary alicyclic amines) is 1. The first kappa shape index (κ1) is 17.0. The molecule has 4 heteroatoms. The largest absolute Gasteiger partial charge is 0.381 e. The highest BCUT2D eigenvalue weighted by Crippen LogP contribution is 2.24. The van der Waals surface area contributed by atoms with Crippen LogP contribution in [0.2, 0.25) is 0 Å². The van der Waals surface area contributed by atoms with Crippen LogP contribution in [-0.2, 0) is 16.0 Å². The van der Waals surface area contributed by atoms with E-state index in [0.29, 0.717) is 12.5 Å². The van der Waals surface area contributed by atoms with E-state index in [1.165, 1.54) is 11.1 Å². The highest BCUT2D eigenvalue weighted by Gasteiger charge is 2.31. The second-order valence-electron chi connectivity index (χ2n) is 6.59. The third kappa shape index (κ3) is 4.55. The average molecular weight is 304 g/mol. The molecule has 1 aromatic carbocycles. The molecule has 2 rings (SSSR count). The van der Waals surface area contributed by atoms with Gasteiger partial charge in [0.25, 0.3) is 0 Å².